The molecule has 0 fully saturated rings. The van der Waals surface area contributed by atoms with Crippen molar-refractivity contribution in [3.8, 4) is 61.6 Å². The lowest BCUT2D eigenvalue weighted by atomic mass is 9.95. The summed E-state index contributed by atoms with van der Waals surface area (Å²) in [6.07, 6.45) is 0. The summed E-state index contributed by atoms with van der Waals surface area (Å²) in [6, 6.07) is 73.1. The molecule has 0 spiro atoms. The van der Waals surface area contributed by atoms with Gasteiger partial charge in [-0.2, -0.15) is 0 Å². The van der Waals surface area contributed by atoms with Gasteiger partial charge in [0.15, 0.2) is 0 Å². The van der Waals surface area contributed by atoms with Gasteiger partial charge in [-0.25, -0.2) is 4.98 Å². The van der Waals surface area contributed by atoms with Crippen LogP contribution in [-0.2, 0) is 0 Å². The second-order valence-electron chi connectivity index (χ2n) is 14.3. The Labute approximate surface area is 324 Å². The number of para-hydroxylation sites is 1. The summed E-state index contributed by atoms with van der Waals surface area (Å²) in [5.41, 5.74) is 16.0. The first-order chi connectivity index (χ1) is 27.8. The van der Waals surface area contributed by atoms with E-state index in [4.69, 9.17) is 9.40 Å². The van der Waals surface area contributed by atoms with Crippen molar-refractivity contribution in [2.45, 2.75) is 0 Å². The fourth-order valence-corrected chi connectivity index (χ4v) is 8.39. The highest BCUT2D eigenvalue weighted by molar-refractivity contribution is 6.16. The van der Waals surface area contributed by atoms with Crippen LogP contribution in [0.15, 0.2) is 211 Å². The average Bonchev–Trinajstić information content (AvgIpc) is 3.82. The molecule has 8 aromatic carbocycles. The number of furan rings is 1. The fourth-order valence-electron chi connectivity index (χ4n) is 8.39. The summed E-state index contributed by atoms with van der Waals surface area (Å²) < 4.78 is 9.17. The summed E-state index contributed by atoms with van der Waals surface area (Å²) in [6.45, 7) is 0. The van der Waals surface area contributed by atoms with Gasteiger partial charge in [0.2, 0.25) is 0 Å². The van der Waals surface area contributed by atoms with E-state index in [1.807, 2.05) is 6.07 Å². The molecule has 0 unspecified atom stereocenters. The number of nitrogens with zero attached hydrogens (tertiary/aromatic N) is 2. The minimum Gasteiger partial charge on any atom is -0.456 e. The average molecular weight is 715 g/mol. The van der Waals surface area contributed by atoms with Crippen LogP contribution in [0.5, 0.6) is 0 Å². The molecule has 3 heterocycles. The molecule has 0 aliphatic carbocycles. The maximum absolute atomic E-state index is 6.76. The Kier molecular flexibility index (Phi) is 7.49. The van der Waals surface area contributed by atoms with Crippen LogP contribution in [-0.4, -0.2) is 9.55 Å². The van der Waals surface area contributed by atoms with Crippen LogP contribution in [0.1, 0.15) is 0 Å². The van der Waals surface area contributed by atoms with Crippen LogP contribution < -0.4 is 0 Å². The largest absolute Gasteiger partial charge is 0.456 e. The second-order valence-corrected chi connectivity index (χ2v) is 14.3. The van der Waals surface area contributed by atoms with Crippen molar-refractivity contribution in [2.24, 2.45) is 0 Å². The van der Waals surface area contributed by atoms with Gasteiger partial charge in [-0.15, -0.1) is 0 Å². The first-order valence-electron chi connectivity index (χ1n) is 19.0. The van der Waals surface area contributed by atoms with E-state index in [-0.39, 0.29) is 0 Å². The summed E-state index contributed by atoms with van der Waals surface area (Å²) in [7, 11) is 0. The minimum atomic E-state index is 0.834. The zero-order valence-electron chi connectivity index (χ0n) is 30.4. The Morgan fingerprint density at radius 3 is 1.68 bits per heavy atom. The topological polar surface area (TPSA) is 31.0 Å². The van der Waals surface area contributed by atoms with Gasteiger partial charge in [-0.1, -0.05) is 152 Å². The van der Waals surface area contributed by atoms with Gasteiger partial charge >= 0.3 is 0 Å². The van der Waals surface area contributed by atoms with Gasteiger partial charge in [0, 0.05) is 50.0 Å². The van der Waals surface area contributed by atoms with E-state index in [1.54, 1.807) is 0 Å². The molecule has 0 radical (unpaired) electrons. The molecule has 56 heavy (non-hydrogen) atoms. The molecule has 0 aliphatic rings. The van der Waals surface area contributed by atoms with Crippen molar-refractivity contribution < 1.29 is 4.42 Å². The Morgan fingerprint density at radius 2 is 0.964 bits per heavy atom. The predicted molar refractivity (Wildman–Crippen MR) is 233 cm³/mol. The van der Waals surface area contributed by atoms with E-state index >= 15 is 0 Å². The molecule has 11 rings (SSSR count). The van der Waals surface area contributed by atoms with E-state index in [1.165, 1.54) is 38.5 Å². The number of rotatable bonds is 6. The third kappa shape index (κ3) is 5.32. The third-order valence-electron chi connectivity index (χ3n) is 11.0. The molecule has 0 saturated carbocycles. The van der Waals surface area contributed by atoms with Crippen LogP contribution in [0.4, 0.5) is 0 Å². The highest BCUT2D eigenvalue weighted by Crippen LogP contribution is 2.43. The Hall–Kier alpha value is -7.49. The normalized spacial score (nSPS) is 11.6. The van der Waals surface area contributed by atoms with Crippen molar-refractivity contribution in [1.29, 1.82) is 0 Å². The smallest absolute Gasteiger partial charge is 0.137 e. The SMILES string of the molecule is c1ccc(-c2cc(-c3ccccc3)nc(-c3cccc4oc5cc(-n6c7ccccc7c7cc(-c8ccccc8)cc(-c8ccccc8)c76)ccc5c34)c2)cc1. The molecule has 0 atom stereocenters. The van der Waals surface area contributed by atoms with Crippen LogP contribution >= 0.6 is 0 Å². The molecule has 3 heteroatoms. The number of aromatic nitrogens is 2. The Morgan fingerprint density at radius 1 is 0.357 bits per heavy atom. The zero-order valence-corrected chi connectivity index (χ0v) is 30.4. The molecule has 3 nitrogen and oxygen atoms in total. The van der Waals surface area contributed by atoms with E-state index in [0.717, 1.165) is 66.8 Å². The van der Waals surface area contributed by atoms with E-state index in [9.17, 15) is 0 Å². The zero-order chi connectivity index (χ0) is 37.0. The number of hydrogen-bond donors (Lipinski definition) is 0. The van der Waals surface area contributed by atoms with Crippen LogP contribution in [0.3, 0.4) is 0 Å². The van der Waals surface area contributed by atoms with Gasteiger partial charge in [-0.05, 0) is 76.3 Å². The fraction of sp³-hybridized carbons (Fsp3) is 0. The van der Waals surface area contributed by atoms with Crippen molar-refractivity contribution >= 4 is 43.7 Å². The van der Waals surface area contributed by atoms with Gasteiger partial charge in [0.05, 0.1) is 22.4 Å². The third-order valence-corrected chi connectivity index (χ3v) is 11.0. The van der Waals surface area contributed by atoms with Crippen molar-refractivity contribution in [3.63, 3.8) is 0 Å². The second kappa shape index (κ2) is 13.1. The minimum absolute atomic E-state index is 0.834. The number of pyridine rings is 1. The summed E-state index contributed by atoms with van der Waals surface area (Å²) in [4.78, 5) is 5.28. The lowest BCUT2D eigenvalue weighted by Gasteiger charge is -2.14. The Bertz CT molecular complexity index is 3160. The number of hydrogen-bond acceptors (Lipinski definition) is 2. The van der Waals surface area contributed by atoms with Crippen LogP contribution in [0, 0.1) is 0 Å². The van der Waals surface area contributed by atoms with Gasteiger partial charge in [0.1, 0.15) is 11.2 Å². The van der Waals surface area contributed by atoms with Crippen LogP contribution in [0.2, 0.25) is 0 Å². The van der Waals surface area contributed by atoms with Gasteiger partial charge < -0.3 is 8.98 Å². The molecule has 0 bridgehead atoms. The number of benzene rings is 8. The lowest BCUT2D eigenvalue weighted by Crippen LogP contribution is -1.96. The van der Waals surface area contributed by atoms with Crippen molar-refractivity contribution in [2.75, 3.05) is 0 Å². The monoisotopic (exact) mass is 714 g/mol. The summed E-state index contributed by atoms with van der Waals surface area (Å²) in [5.74, 6) is 0. The maximum atomic E-state index is 6.76. The highest BCUT2D eigenvalue weighted by Gasteiger charge is 2.21. The highest BCUT2D eigenvalue weighted by atomic mass is 16.3. The molecular formula is C53H34N2O. The maximum Gasteiger partial charge on any atom is 0.137 e. The lowest BCUT2D eigenvalue weighted by molar-refractivity contribution is 0.668. The first-order valence-corrected chi connectivity index (χ1v) is 19.0. The van der Waals surface area contributed by atoms with Gasteiger partial charge in [0.25, 0.3) is 0 Å². The van der Waals surface area contributed by atoms with Crippen molar-refractivity contribution in [1.82, 2.24) is 9.55 Å². The summed E-state index contributed by atoms with van der Waals surface area (Å²) in [5, 5.41) is 4.54. The van der Waals surface area contributed by atoms with Crippen LogP contribution in [0.25, 0.3) is 105 Å². The first kappa shape index (κ1) is 32.0. The standard InChI is InChI=1S/C53H34N2O/c1-5-16-35(17-6-1)39-30-45(37-20-9-3-10-21-37)53-46(31-39)42-24-13-14-26-49(42)55(53)41-28-29-44-51(34-41)56-50-27-15-25-43(52(44)50)48-33-40(36-18-7-2-8-19-36)32-47(54-48)38-22-11-4-12-23-38/h1-34H. The predicted octanol–water partition coefficient (Wildman–Crippen LogP) is 14.4. The Balaban J connectivity index is 1.14. The molecule has 11 aromatic rings. The quantitative estimate of drug-likeness (QED) is 0.172. The molecular weight excluding hydrogens is 681 g/mol. The van der Waals surface area contributed by atoms with E-state index in [2.05, 4.69) is 205 Å². The molecule has 0 saturated heterocycles. The van der Waals surface area contributed by atoms with Crippen molar-refractivity contribution in [3.05, 3.63) is 206 Å². The summed E-state index contributed by atoms with van der Waals surface area (Å²) >= 11 is 0. The van der Waals surface area contributed by atoms with E-state index < -0.39 is 0 Å². The molecule has 0 amide bonds. The molecule has 262 valence electrons. The molecule has 0 aliphatic heterocycles. The number of fused-ring (bicyclic) bond motifs is 6. The molecule has 0 N–H and O–H groups in total. The van der Waals surface area contributed by atoms with Gasteiger partial charge in [-0.3, -0.25) is 0 Å². The molecule has 3 aromatic heterocycles. The van der Waals surface area contributed by atoms with E-state index in [0.29, 0.717) is 0 Å².